The van der Waals surface area contributed by atoms with E-state index < -0.39 is 0 Å². The van der Waals surface area contributed by atoms with Crippen molar-refractivity contribution in [3.63, 3.8) is 0 Å². The molecule has 0 nitrogen and oxygen atoms in total. The zero-order valence-corrected chi connectivity index (χ0v) is 7.55. The van der Waals surface area contributed by atoms with Gasteiger partial charge in [-0.2, -0.15) is 11.3 Å². The van der Waals surface area contributed by atoms with E-state index in [2.05, 4.69) is 47.2 Å². The van der Waals surface area contributed by atoms with Crippen molar-refractivity contribution >= 4 is 11.3 Å². The topological polar surface area (TPSA) is 0 Å². The third kappa shape index (κ3) is 1.74. The Hall–Kier alpha value is -1.08. The highest BCUT2D eigenvalue weighted by molar-refractivity contribution is 7.07. The van der Waals surface area contributed by atoms with Crippen LogP contribution in [0.2, 0.25) is 0 Å². The molecule has 0 saturated heterocycles. The second-order valence-electron chi connectivity index (χ2n) is 2.79. The van der Waals surface area contributed by atoms with Crippen LogP contribution in [0.25, 0.3) is 0 Å². The van der Waals surface area contributed by atoms with Gasteiger partial charge in [0.15, 0.2) is 0 Å². The zero-order chi connectivity index (χ0) is 8.23. The van der Waals surface area contributed by atoms with E-state index in [-0.39, 0.29) is 1.43 Å². The van der Waals surface area contributed by atoms with Gasteiger partial charge in [-0.3, -0.25) is 0 Å². The number of thiophene rings is 1. The molecule has 0 aliphatic heterocycles. The van der Waals surface area contributed by atoms with Crippen molar-refractivity contribution < 1.29 is 1.43 Å². The molecule has 0 unspecified atom stereocenters. The van der Waals surface area contributed by atoms with Crippen molar-refractivity contribution in [2.24, 2.45) is 0 Å². The van der Waals surface area contributed by atoms with E-state index in [0.717, 1.165) is 6.42 Å². The molecule has 0 radical (unpaired) electrons. The van der Waals surface area contributed by atoms with Gasteiger partial charge in [0.2, 0.25) is 0 Å². The second kappa shape index (κ2) is 3.55. The number of benzene rings is 1. The van der Waals surface area contributed by atoms with E-state index in [9.17, 15) is 0 Å². The van der Waals surface area contributed by atoms with Crippen LogP contribution in [0, 0.1) is 0 Å². The van der Waals surface area contributed by atoms with Crippen LogP contribution < -0.4 is 0 Å². The van der Waals surface area contributed by atoms with Gasteiger partial charge in [-0.1, -0.05) is 30.3 Å². The maximum Gasteiger partial charge on any atom is 1.00 e. The number of rotatable bonds is 2. The van der Waals surface area contributed by atoms with Crippen LogP contribution in [-0.4, -0.2) is 0 Å². The summed E-state index contributed by atoms with van der Waals surface area (Å²) in [5.41, 5.74) is 2.79. The van der Waals surface area contributed by atoms with Gasteiger partial charge in [-0.05, 0) is 34.4 Å². The van der Waals surface area contributed by atoms with Gasteiger partial charge in [0.1, 0.15) is 0 Å². The standard InChI is InChI=1S/C11H10S/c1-2-4-10(5-3-1)8-11-6-7-12-9-11/h1-7,9H,8H2/p+1. The summed E-state index contributed by atoms with van der Waals surface area (Å²) in [6.07, 6.45) is 1.06. The van der Waals surface area contributed by atoms with Gasteiger partial charge in [-0.15, -0.1) is 0 Å². The number of hydrogen-bond donors (Lipinski definition) is 0. The SMILES string of the molecule is [H+].c1ccc(Cc2ccsc2)cc1. The van der Waals surface area contributed by atoms with Crippen LogP contribution in [0.3, 0.4) is 0 Å². The molecular formula is C11H11S+. The minimum Gasteiger partial charge on any atom is -0.152 e. The van der Waals surface area contributed by atoms with Crippen molar-refractivity contribution in [1.82, 2.24) is 0 Å². The lowest BCUT2D eigenvalue weighted by Gasteiger charge is -1.96. The van der Waals surface area contributed by atoms with Gasteiger partial charge in [0, 0.05) is 0 Å². The molecule has 0 amide bonds. The quantitative estimate of drug-likeness (QED) is 0.655. The zero-order valence-electron chi connectivity index (χ0n) is 7.73. The minimum absolute atomic E-state index is 0. The smallest absolute Gasteiger partial charge is 0.152 e. The van der Waals surface area contributed by atoms with E-state index in [1.165, 1.54) is 11.1 Å². The molecule has 0 atom stereocenters. The Morgan fingerprint density at radius 2 is 1.83 bits per heavy atom. The van der Waals surface area contributed by atoms with E-state index in [1.54, 1.807) is 11.3 Å². The summed E-state index contributed by atoms with van der Waals surface area (Å²) in [5, 5.41) is 4.32. The molecule has 0 fully saturated rings. The molecule has 1 heterocycles. The molecule has 12 heavy (non-hydrogen) atoms. The molecule has 2 aromatic rings. The van der Waals surface area contributed by atoms with Gasteiger partial charge in [0.25, 0.3) is 0 Å². The molecule has 0 saturated carbocycles. The fourth-order valence-electron chi connectivity index (χ4n) is 1.22. The summed E-state index contributed by atoms with van der Waals surface area (Å²) in [5.74, 6) is 0. The van der Waals surface area contributed by atoms with Crippen molar-refractivity contribution in [3.8, 4) is 0 Å². The lowest BCUT2D eigenvalue weighted by molar-refractivity contribution is 1.21. The first-order chi connectivity index (χ1) is 5.95. The summed E-state index contributed by atoms with van der Waals surface area (Å²) < 4.78 is 0. The van der Waals surface area contributed by atoms with E-state index in [4.69, 9.17) is 0 Å². The van der Waals surface area contributed by atoms with Crippen LogP contribution in [0.5, 0.6) is 0 Å². The molecule has 60 valence electrons. The third-order valence-electron chi connectivity index (χ3n) is 1.83. The van der Waals surface area contributed by atoms with Crippen LogP contribution in [0.15, 0.2) is 47.2 Å². The highest BCUT2D eigenvalue weighted by Crippen LogP contribution is 2.11. The lowest BCUT2D eigenvalue weighted by Crippen LogP contribution is -1.82. The Morgan fingerprint density at radius 1 is 1.00 bits per heavy atom. The molecule has 1 aromatic heterocycles. The Bertz CT molecular complexity index is 326. The van der Waals surface area contributed by atoms with Crippen molar-refractivity contribution in [1.29, 1.82) is 0 Å². The average Bonchev–Trinajstić information content (AvgIpc) is 2.59. The fraction of sp³-hybridized carbons (Fsp3) is 0.0909. The Labute approximate surface area is 78.0 Å². The molecule has 0 N–H and O–H groups in total. The Morgan fingerprint density at radius 3 is 2.50 bits per heavy atom. The predicted molar refractivity (Wildman–Crippen MR) is 54.7 cm³/mol. The summed E-state index contributed by atoms with van der Waals surface area (Å²) in [7, 11) is 0. The van der Waals surface area contributed by atoms with Gasteiger partial charge in [0.05, 0.1) is 0 Å². The van der Waals surface area contributed by atoms with Gasteiger partial charge >= 0.3 is 1.43 Å². The fourth-order valence-corrected chi connectivity index (χ4v) is 1.89. The number of hydrogen-bond acceptors (Lipinski definition) is 1. The third-order valence-corrected chi connectivity index (χ3v) is 2.56. The average molecular weight is 175 g/mol. The molecule has 0 bridgehead atoms. The first kappa shape index (κ1) is 7.56. The molecule has 0 aliphatic rings. The highest BCUT2D eigenvalue weighted by atomic mass is 32.1. The van der Waals surface area contributed by atoms with Crippen molar-refractivity contribution in [3.05, 3.63) is 58.3 Å². The largest absolute Gasteiger partial charge is 1.00 e. The maximum absolute atomic E-state index is 2.20. The first-order valence-electron chi connectivity index (χ1n) is 4.00. The Kier molecular flexibility index (Phi) is 2.23. The molecule has 1 aromatic carbocycles. The summed E-state index contributed by atoms with van der Waals surface area (Å²) in [6, 6.07) is 12.7. The molecule has 0 aliphatic carbocycles. The van der Waals surface area contributed by atoms with Crippen LogP contribution in [0.1, 0.15) is 12.6 Å². The van der Waals surface area contributed by atoms with Crippen LogP contribution >= 0.6 is 11.3 Å². The predicted octanol–water partition coefficient (Wildman–Crippen LogP) is 3.45. The minimum atomic E-state index is 0. The van der Waals surface area contributed by atoms with E-state index >= 15 is 0 Å². The summed E-state index contributed by atoms with van der Waals surface area (Å²) >= 11 is 1.76. The lowest BCUT2D eigenvalue weighted by atomic mass is 10.1. The first-order valence-corrected chi connectivity index (χ1v) is 4.94. The van der Waals surface area contributed by atoms with Crippen molar-refractivity contribution in [2.75, 3.05) is 0 Å². The van der Waals surface area contributed by atoms with Crippen LogP contribution in [0.4, 0.5) is 0 Å². The molecular weight excluding hydrogens is 164 g/mol. The summed E-state index contributed by atoms with van der Waals surface area (Å²) in [6.45, 7) is 0. The van der Waals surface area contributed by atoms with Gasteiger partial charge < -0.3 is 0 Å². The van der Waals surface area contributed by atoms with Gasteiger partial charge in [-0.25, -0.2) is 0 Å². The van der Waals surface area contributed by atoms with Crippen LogP contribution in [-0.2, 0) is 6.42 Å². The monoisotopic (exact) mass is 175 g/mol. The molecule has 1 heteroatoms. The van der Waals surface area contributed by atoms with E-state index in [1.807, 2.05) is 0 Å². The normalized spacial score (nSPS) is 10.0. The van der Waals surface area contributed by atoms with E-state index in [0.29, 0.717) is 0 Å². The highest BCUT2D eigenvalue weighted by Gasteiger charge is 1.93. The second-order valence-corrected chi connectivity index (χ2v) is 3.57. The summed E-state index contributed by atoms with van der Waals surface area (Å²) in [4.78, 5) is 0. The maximum atomic E-state index is 2.20. The molecule has 2 rings (SSSR count). The molecule has 0 spiro atoms. The Balaban J connectivity index is 0.000000845. The van der Waals surface area contributed by atoms with Crippen molar-refractivity contribution in [2.45, 2.75) is 6.42 Å².